The zero-order chi connectivity index (χ0) is 26.2. The number of nitrogens with zero attached hydrogens (tertiary/aromatic N) is 3. The fourth-order valence-electron chi connectivity index (χ4n) is 4.19. The number of amides is 1. The van der Waals surface area contributed by atoms with Gasteiger partial charge in [0.25, 0.3) is 0 Å². The van der Waals surface area contributed by atoms with Crippen LogP contribution in [0, 0.1) is 0 Å². The Balaban J connectivity index is 1.30. The van der Waals surface area contributed by atoms with E-state index in [1.807, 2.05) is 36.4 Å². The van der Waals surface area contributed by atoms with Crippen LogP contribution in [0.4, 0.5) is 10.6 Å². The van der Waals surface area contributed by atoms with Gasteiger partial charge < -0.3 is 9.84 Å². The van der Waals surface area contributed by atoms with E-state index >= 15 is 0 Å². The second kappa shape index (κ2) is 9.88. The summed E-state index contributed by atoms with van der Waals surface area (Å²) >= 11 is 12.5. The first-order valence-electron chi connectivity index (χ1n) is 11.5. The maximum atomic E-state index is 12.6. The summed E-state index contributed by atoms with van der Waals surface area (Å²) in [5, 5.41) is 17.1. The van der Waals surface area contributed by atoms with E-state index < -0.39 is 23.6 Å². The van der Waals surface area contributed by atoms with Crippen molar-refractivity contribution in [1.29, 1.82) is 0 Å². The van der Waals surface area contributed by atoms with Crippen molar-refractivity contribution in [2.45, 2.75) is 31.3 Å². The van der Waals surface area contributed by atoms with Crippen LogP contribution in [0.1, 0.15) is 37.0 Å². The minimum Gasteiger partial charge on any atom is -0.481 e. The molecule has 1 saturated carbocycles. The quantitative estimate of drug-likeness (QED) is 0.273. The van der Waals surface area contributed by atoms with Gasteiger partial charge in [-0.25, -0.2) is 9.48 Å². The number of hydrogen-bond donors (Lipinski definition) is 2. The lowest BCUT2D eigenvalue weighted by atomic mass is 9.95. The number of carboxylic acids is 1. The number of halogens is 2. The molecule has 2 aromatic heterocycles. The lowest BCUT2D eigenvalue weighted by Crippen LogP contribution is -2.19. The van der Waals surface area contributed by atoms with Crippen LogP contribution in [0.5, 0.6) is 0 Å². The molecule has 1 aliphatic carbocycles. The van der Waals surface area contributed by atoms with E-state index in [-0.39, 0.29) is 10.8 Å². The number of aliphatic carboxylic acids is 1. The third-order valence-corrected chi connectivity index (χ3v) is 7.08. The SMILES string of the molecule is CC(OC(=O)Nc1c(Cl)cnn1-c1ccc(-c2ccc(C3(C(=O)O)CC3)cc2)nc1)c1ccccc1Cl. The lowest BCUT2D eigenvalue weighted by Gasteiger charge is -2.16. The summed E-state index contributed by atoms with van der Waals surface area (Å²) in [6.07, 6.45) is 3.04. The topological polar surface area (TPSA) is 106 Å². The van der Waals surface area contributed by atoms with Crippen molar-refractivity contribution < 1.29 is 19.4 Å². The van der Waals surface area contributed by atoms with E-state index in [9.17, 15) is 14.7 Å². The minimum atomic E-state index is -0.785. The highest BCUT2D eigenvalue weighted by Crippen LogP contribution is 2.48. The number of aromatic nitrogens is 3. The van der Waals surface area contributed by atoms with E-state index in [0.29, 0.717) is 34.8 Å². The van der Waals surface area contributed by atoms with Crippen LogP contribution >= 0.6 is 23.2 Å². The Kier molecular flexibility index (Phi) is 6.62. The maximum Gasteiger partial charge on any atom is 0.413 e. The molecule has 1 fully saturated rings. The molecule has 4 aromatic rings. The molecule has 2 N–H and O–H groups in total. The van der Waals surface area contributed by atoms with Gasteiger partial charge in [-0.15, -0.1) is 0 Å². The molecule has 0 aliphatic heterocycles. The molecule has 1 atom stereocenters. The van der Waals surface area contributed by atoms with Gasteiger partial charge >= 0.3 is 12.1 Å². The average molecular weight is 537 g/mol. The third kappa shape index (κ3) is 4.90. The van der Waals surface area contributed by atoms with Gasteiger partial charge in [0.05, 0.1) is 29.2 Å². The summed E-state index contributed by atoms with van der Waals surface area (Å²) < 4.78 is 6.93. The number of benzene rings is 2. The molecular weight excluding hydrogens is 515 g/mol. The normalized spacial score (nSPS) is 14.6. The van der Waals surface area contributed by atoms with Crippen molar-refractivity contribution in [2.24, 2.45) is 0 Å². The maximum absolute atomic E-state index is 12.6. The molecule has 10 heteroatoms. The second-order valence-corrected chi connectivity index (χ2v) is 9.63. The van der Waals surface area contributed by atoms with Crippen LogP contribution in [-0.2, 0) is 14.9 Å². The van der Waals surface area contributed by atoms with Gasteiger partial charge in [0, 0.05) is 16.1 Å². The standard InChI is InChI=1S/C27H22Cl2N4O4/c1-16(20-4-2-3-5-21(20)28)37-26(36)32-24-22(29)15-31-33(24)19-10-11-23(30-14-19)17-6-8-18(9-7-17)27(12-13-27)25(34)35/h2-11,14-16H,12-13H2,1H3,(H,32,36)(H,34,35). The highest BCUT2D eigenvalue weighted by atomic mass is 35.5. The van der Waals surface area contributed by atoms with Crippen LogP contribution in [0.15, 0.2) is 73.1 Å². The van der Waals surface area contributed by atoms with Crippen LogP contribution in [0.2, 0.25) is 10.0 Å². The molecule has 0 radical (unpaired) electrons. The summed E-state index contributed by atoms with van der Waals surface area (Å²) in [5.41, 5.74) is 2.87. The monoisotopic (exact) mass is 536 g/mol. The molecule has 188 valence electrons. The van der Waals surface area contributed by atoms with Crippen molar-refractivity contribution in [3.63, 3.8) is 0 Å². The summed E-state index contributed by atoms with van der Waals surface area (Å²) in [5.74, 6) is -0.549. The Morgan fingerprint density at radius 1 is 1.03 bits per heavy atom. The van der Waals surface area contributed by atoms with Gasteiger partial charge in [-0.3, -0.25) is 15.1 Å². The molecule has 5 rings (SSSR count). The number of carboxylic acid groups (broad SMARTS) is 1. The molecule has 0 spiro atoms. The number of nitrogens with one attached hydrogen (secondary N) is 1. The summed E-state index contributed by atoms with van der Waals surface area (Å²) in [6, 6.07) is 18.2. The Morgan fingerprint density at radius 3 is 2.38 bits per heavy atom. The second-order valence-electron chi connectivity index (χ2n) is 8.81. The zero-order valence-electron chi connectivity index (χ0n) is 19.7. The zero-order valence-corrected chi connectivity index (χ0v) is 21.2. The highest BCUT2D eigenvalue weighted by Gasteiger charge is 2.51. The summed E-state index contributed by atoms with van der Waals surface area (Å²) in [6.45, 7) is 1.72. The van der Waals surface area contributed by atoms with Gasteiger partial charge in [-0.1, -0.05) is 65.7 Å². The van der Waals surface area contributed by atoms with Gasteiger partial charge in [-0.05, 0) is 43.5 Å². The highest BCUT2D eigenvalue weighted by molar-refractivity contribution is 6.33. The summed E-state index contributed by atoms with van der Waals surface area (Å²) in [4.78, 5) is 28.7. The molecule has 37 heavy (non-hydrogen) atoms. The van der Waals surface area contributed by atoms with E-state index in [4.69, 9.17) is 27.9 Å². The average Bonchev–Trinajstić information content (AvgIpc) is 3.64. The molecule has 1 aliphatic rings. The molecule has 2 aromatic carbocycles. The van der Waals surface area contributed by atoms with Crippen molar-refractivity contribution >= 4 is 41.1 Å². The fraction of sp³-hybridized carbons (Fsp3) is 0.185. The Labute approximate surface area is 222 Å². The Bertz CT molecular complexity index is 1460. The predicted molar refractivity (Wildman–Crippen MR) is 140 cm³/mol. The van der Waals surface area contributed by atoms with Gasteiger partial charge in [-0.2, -0.15) is 5.10 Å². The van der Waals surface area contributed by atoms with Crippen molar-refractivity contribution in [2.75, 3.05) is 5.32 Å². The van der Waals surface area contributed by atoms with Crippen LogP contribution < -0.4 is 5.32 Å². The molecule has 1 unspecified atom stereocenters. The fourth-order valence-corrected chi connectivity index (χ4v) is 4.65. The molecule has 0 bridgehead atoms. The van der Waals surface area contributed by atoms with Gasteiger partial charge in [0.15, 0.2) is 5.82 Å². The number of rotatable bonds is 7. The molecule has 1 amide bonds. The molecule has 2 heterocycles. The van der Waals surface area contributed by atoms with Gasteiger partial charge in [0.2, 0.25) is 0 Å². The predicted octanol–water partition coefficient (Wildman–Crippen LogP) is 6.67. The Hall–Kier alpha value is -3.88. The van der Waals surface area contributed by atoms with Gasteiger partial charge in [0.1, 0.15) is 11.1 Å². The van der Waals surface area contributed by atoms with Crippen molar-refractivity contribution in [1.82, 2.24) is 14.8 Å². The Morgan fingerprint density at radius 2 is 1.76 bits per heavy atom. The van der Waals surface area contributed by atoms with Crippen molar-refractivity contribution in [3.05, 3.63) is 94.2 Å². The minimum absolute atomic E-state index is 0.231. The van der Waals surface area contributed by atoms with E-state index in [0.717, 1.165) is 11.1 Å². The number of pyridine rings is 1. The first-order valence-corrected chi connectivity index (χ1v) is 12.3. The summed E-state index contributed by atoms with van der Waals surface area (Å²) in [7, 11) is 0. The van der Waals surface area contributed by atoms with Crippen LogP contribution in [0.3, 0.4) is 0 Å². The number of anilines is 1. The van der Waals surface area contributed by atoms with E-state index in [1.54, 1.807) is 37.4 Å². The molecule has 0 saturated heterocycles. The first kappa shape index (κ1) is 24.8. The smallest absolute Gasteiger partial charge is 0.413 e. The first-order chi connectivity index (χ1) is 17.8. The molecular formula is C27H22Cl2N4O4. The molecule has 8 nitrogen and oxygen atoms in total. The number of ether oxygens (including phenoxy) is 1. The number of carbonyl (C=O) groups excluding carboxylic acids is 1. The lowest BCUT2D eigenvalue weighted by molar-refractivity contribution is -0.140. The third-order valence-electron chi connectivity index (χ3n) is 6.46. The van der Waals surface area contributed by atoms with Crippen LogP contribution in [0.25, 0.3) is 16.9 Å². The largest absolute Gasteiger partial charge is 0.481 e. The van der Waals surface area contributed by atoms with Crippen molar-refractivity contribution in [3.8, 4) is 16.9 Å². The van der Waals surface area contributed by atoms with E-state index in [2.05, 4.69) is 15.4 Å². The number of hydrogen-bond acceptors (Lipinski definition) is 5. The van der Waals surface area contributed by atoms with E-state index in [1.165, 1.54) is 10.9 Å². The van der Waals surface area contributed by atoms with Crippen LogP contribution in [-0.4, -0.2) is 31.9 Å². The number of carbonyl (C=O) groups is 2.